The van der Waals surface area contributed by atoms with Gasteiger partial charge in [0.25, 0.3) is 0 Å². The fourth-order valence-corrected chi connectivity index (χ4v) is 4.00. The lowest BCUT2D eigenvalue weighted by atomic mass is 10.1. The van der Waals surface area contributed by atoms with Gasteiger partial charge in [-0.3, -0.25) is 10.1 Å². The van der Waals surface area contributed by atoms with Crippen molar-refractivity contribution in [3.05, 3.63) is 60.4 Å². The summed E-state index contributed by atoms with van der Waals surface area (Å²) in [6.45, 7) is 0.751. The second-order valence-electron chi connectivity index (χ2n) is 7.67. The van der Waals surface area contributed by atoms with Crippen molar-refractivity contribution in [3.8, 4) is 22.6 Å². The highest BCUT2D eigenvalue weighted by Gasteiger charge is 2.36. The summed E-state index contributed by atoms with van der Waals surface area (Å²) in [7, 11) is 1.96. The summed E-state index contributed by atoms with van der Waals surface area (Å²) in [5.74, 6) is 1.80. The zero-order valence-corrected chi connectivity index (χ0v) is 16.1. The fourth-order valence-electron chi connectivity index (χ4n) is 4.00. The lowest BCUT2D eigenvalue weighted by molar-refractivity contribution is 0.416. The van der Waals surface area contributed by atoms with Gasteiger partial charge in [0, 0.05) is 29.6 Å². The summed E-state index contributed by atoms with van der Waals surface area (Å²) < 4.78 is 1.89. The topological polar surface area (TPSA) is 74.1 Å². The summed E-state index contributed by atoms with van der Waals surface area (Å²) in [6.07, 6.45) is 4.34. The highest BCUT2D eigenvalue weighted by Crippen LogP contribution is 2.34. The van der Waals surface area contributed by atoms with Gasteiger partial charge in [-0.2, -0.15) is 10.2 Å². The van der Waals surface area contributed by atoms with Crippen LogP contribution in [-0.4, -0.2) is 43.2 Å². The minimum atomic E-state index is 0.570. The highest BCUT2D eigenvalue weighted by atomic mass is 15.5. The average Bonchev–Trinajstić information content (AvgIpc) is 3.16. The molecule has 1 aliphatic heterocycles. The minimum absolute atomic E-state index is 0.570. The third kappa shape index (κ3) is 2.69. The number of hydrazone groups is 1. The maximum absolute atomic E-state index is 5.01. The Morgan fingerprint density at radius 2 is 1.90 bits per heavy atom. The van der Waals surface area contributed by atoms with Crippen molar-refractivity contribution < 1.29 is 0 Å². The van der Waals surface area contributed by atoms with Gasteiger partial charge in [-0.05, 0) is 25.0 Å². The number of aromatic nitrogens is 4. The number of hydrogen-bond donors (Lipinski definition) is 2. The Balaban J connectivity index is 1.52. The highest BCUT2D eigenvalue weighted by molar-refractivity contribution is 6.04. The van der Waals surface area contributed by atoms with E-state index in [1.165, 1.54) is 12.8 Å². The molecular weight excluding hydrogens is 362 g/mol. The lowest BCUT2D eigenvalue weighted by Gasteiger charge is -2.18. The Morgan fingerprint density at radius 1 is 1.03 bits per heavy atom. The molecule has 7 nitrogen and oxygen atoms in total. The van der Waals surface area contributed by atoms with Crippen LogP contribution in [-0.2, 0) is 7.05 Å². The molecule has 0 radical (unpaired) electrons. The summed E-state index contributed by atoms with van der Waals surface area (Å²) in [5, 5.41) is 10.1. The molecule has 3 heterocycles. The second kappa shape index (κ2) is 6.20. The van der Waals surface area contributed by atoms with Gasteiger partial charge in [-0.15, -0.1) is 0 Å². The van der Waals surface area contributed by atoms with Crippen LogP contribution in [0.3, 0.4) is 0 Å². The number of imidazole rings is 1. The molecule has 2 aromatic carbocycles. The first-order chi connectivity index (χ1) is 14.3. The summed E-state index contributed by atoms with van der Waals surface area (Å²) >= 11 is 0. The molecule has 2 N–H and O–H groups in total. The maximum atomic E-state index is 5.01. The quantitative estimate of drug-likeness (QED) is 0.567. The van der Waals surface area contributed by atoms with Gasteiger partial charge in [-0.1, -0.05) is 36.4 Å². The molecule has 0 amide bonds. The van der Waals surface area contributed by atoms with Crippen molar-refractivity contribution in [2.75, 3.05) is 6.67 Å². The van der Waals surface area contributed by atoms with Crippen LogP contribution in [0.2, 0.25) is 0 Å². The predicted molar refractivity (Wildman–Crippen MR) is 113 cm³/mol. The first-order valence-corrected chi connectivity index (χ1v) is 9.93. The number of rotatable bonds is 4. The Hall–Kier alpha value is -3.61. The second-order valence-corrected chi connectivity index (χ2v) is 7.67. The van der Waals surface area contributed by atoms with Gasteiger partial charge in [0.1, 0.15) is 23.9 Å². The Morgan fingerprint density at radius 3 is 2.72 bits per heavy atom. The van der Waals surface area contributed by atoms with Gasteiger partial charge >= 0.3 is 0 Å². The molecule has 1 aliphatic carbocycles. The number of aryl methyl sites for hydroxylation is 1. The largest absolute Gasteiger partial charge is 0.335 e. The van der Waals surface area contributed by atoms with E-state index in [1.807, 2.05) is 36.1 Å². The van der Waals surface area contributed by atoms with Gasteiger partial charge in [0.05, 0.1) is 11.7 Å². The van der Waals surface area contributed by atoms with Gasteiger partial charge in [0.15, 0.2) is 5.84 Å². The van der Waals surface area contributed by atoms with Crippen LogP contribution in [0.5, 0.6) is 0 Å². The van der Waals surface area contributed by atoms with E-state index in [9.17, 15) is 0 Å². The van der Waals surface area contributed by atoms with E-state index in [1.54, 1.807) is 0 Å². The van der Waals surface area contributed by atoms with Crippen LogP contribution in [0.25, 0.3) is 33.5 Å². The Kier molecular flexibility index (Phi) is 3.50. The maximum Gasteiger partial charge on any atom is 0.176 e. The Bertz CT molecular complexity index is 1230. The molecule has 0 spiro atoms. The molecule has 0 bridgehead atoms. The number of fused-ring (bicyclic) bond motifs is 1. The molecule has 0 unspecified atom stereocenters. The molecule has 2 aromatic heterocycles. The molecule has 1 fully saturated rings. The van der Waals surface area contributed by atoms with Gasteiger partial charge in [-0.25, -0.2) is 4.98 Å². The number of benzene rings is 2. The molecule has 0 atom stereocenters. The van der Waals surface area contributed by atoms with Crippen molar-refractivity contribution in [3.63, 3.8) is 0 Å². The third-order valence-electron chi connectivity index (χ3n) is 5.68. The molecule has 6 rings (SSSR count). The van der Waals surface area contributed by atoms with E-state index in [4.69, 9.17) is 4.98 Å². The van der Waals surface area contributed by atoms with Crippen LogP contribution in [0.4, 0.5) is 0 Å². The zero-order chi connectivity index (χ0) is 19.4. The third-order valence-corrected chi connectivity index (χ3v) is 5.68. The SMILES string of the molecule is Cn1ncc2cc(-c3nc(-c4ccccc4)[nH]c3C3=NNCN3C3CC3)ccc21. The number of H-pyrrole nitrogens is 1. The number of hydrogen-bond acceptors (Lipinski definition) is 5. The monoisotopic (exact) mass is 383 g/mol. The number of nitrogens with zero attached hydrogens (tertiary/aromatic N) is 5. The van der Waals surface area contributed by atoms with E-state index in [0.29, 0.717) is 6.04 Å². The average molecular weight is 383 g/mol. The first-order valence-electron chi connectivity index (χ1n) is 9.93. The fraction of sp³-hybridized carbons (Fsp3) is 0.227. The molecule has 0 saturated heterocycles. The predicted octanol–water partition coefficient (Wildman–Crippen LogP) is 3.32. The molecule has 7 heteroatoms. The van der Waals surface area contributed by atoms with Gasteiger partial charge in [0.2, 0.25) is 0 Å². The van der Waals surface area contributed by atoms with Crippen LogP contribution >= 0.6 is 0 Å². The standard InChI is InChI=1S/C22H21N7/c1-28-18-10-7-15(11-16(18)12-24-28)19-20(22-27-23-13-29(22)17-8-9-17)26-21(25-19)14-5-3-2-4-6-14/h2-7,10-12,17,23H,8-9,13H2,1H3,(H,25,26). The minimum Gasteiger partial charge on any atom is -0.335 e. The van der Waals surface area contributed by atoms with E-state index < -0.39 is 0 Å². The molecule has 144 valence electrons. The van der Waals surface area contributed by atoms with Crippen molar-refractivity contribution in [2.45, 2.75) is 18.9 Å². The van der Waals surface area contributed by atoms with Gasteiger partial charge < -0.3 is 9.88 Å². The van der Waals surface area contributed by atoms with E-state index in [0.717, 1.165) is 51.7 Å². The van der Waals surface area contributed by atoms with Crippen molar-refractivity contribution in [1.29, 1.82) is 0 Å². The van der Waals surface area contributed by atoms with E-state index in [2.05, 4.69) is 55.8 Å². The van der Waals surface area contributed by atoms with Crippen molar-refractivity contribution in [1.82, 2.24) is 30.1 Å². The van der Waals surface area contributed by atoms with Crippen molar-refractivity contribution >= 4 is 16.7 Å². The number of nitrogens with one attached hydrogen (secondary N) is 2. The number of amidine groups is 1. The molecule has 4 aromatic rings. The van der Waals surface area contributed by atoms with E-state index >= 15 is 0 Å². The first kappa shape index (κ1) is 16.4. The van der Waals surface area contributed by atoms with Crippen LogP contribution in [0.1, 0.15) is 18.5 Å². The Labute approximate surface area is 168 Å². The summed E-state index contributed by atoms with van der Waals surface area (Å²) in [5.41, 5.74) is 8.26. The van der Waals surface area contributed by atoms with Crippen LogP contribution in [0.15, 0.2) is 59.8 Å². The molecular formula is C22H21N7. The molecule has 29 heavy (non-hydrogen) atoms. The smallest absolute Gasteiger partial charge is 0.176 e. The summed E-state index contributed by atoms with van der Waals surface area (Å²) in [6, 6.07) is 17.2. The molecule has 1 saturated carbocycles. The lowest BCUT2D eigenvalue weighted by Crippen LogP contribution is -2.32. The van der Waals surface area contributed by atoms with E-state index in [-0.39, 0.29) is 0 Å². The van der Waals surface area contributed by atoms with Crippen LogP contribution in [0, 0.1) is 0 Å². The number of aromatic amines is 1. The zero-order valence-electron chi connectivity index (χ0n) is 16.1. The summed E-state index contributed by atoms with van der Waals surface area (Å²) in [4.78, 5) is 10.9. The van der Waals surface area contributed by atoms with Crippen molar-refractivity contribution in [2.24, 2.45) is 12.1 Å². The molecule has 2 aliphatic rings. The van der Waals surface area contributed by atoms with Crippen LogP contribution < -0.4 is 5.43 Å². The normalized spacial score (nSPS) is 16.3.